The van der Waals surface area contributed by atoms with E-state index in [2.05, 4.69) is 18.2 Å². The molecule has 0 spiro atoms. The molecule has 0 fully saturated rings. The highest BCUT2D eigenvalue weighted by Crippen LogP contribution is 2.29. The van der Waals surface area contributed by atoms with Gasteiger partial charge in [-0.15, -0.1) is 0 Å². The van der Waals surface area contributed by atoms with Crippen LogP contribution in [0.25, 0.3) is 16.8 Å². The summed E-state index contributed by atoms with van der Waals surface area (Å²) in [4.78, 5) is 19.9. The van der Waals surface area contributed by atoms with E-state index >= 15 is 0 Å². The van der Waals surface area contributed by atoms with E-state index in [1.54, 1.807) is 4.90 Å². The standard InChI is InChI=1S/C27H20N2O/c1-19-14-16-23(17-15-19)29-26(21-9-3-2-4-10-21)28-25(27(29)30)18-22-12-7-11-20-8-5-6-13-24(20)22/h2-18H,1H3/b25-18+. The fourth-order valence-corrected chi connectivity index (χ4v) is 3.75. The number of aliphatic imine (C=N–C) groups is 1. The van der Waals surface area contributed by atoms with Crippen molar-refractivity contribution in [2.45, 2.75) is 6.92 Å². The first-order valence-electron chi connectivity index (χ1n) is 9.95. The highest BCUT2D eigenvalue weighted by molar-refractivity contribution is 6.33. The van der Waals surface area contributed by atoms with Crippen LogP contribution in [-0.2, 0) is 4.79 Å². The van der Waals surface area contributed by atoms with Crippen LogP contribution in [0.5, 0.6) is 0 Å². The maximum atomic E-state index is 13.5. The monoisotopic (exact) mass is 388 g/mol. The van der Waals surface area contributed by atoms with Gasteiger partial charge in [0.25, 0.3) is 5.91 Å². The molecule has 5 rings (SSSR count). The van der Waals surface area contributed by atoms with Crippen LogP contribution in [0.2, 0.25) is 0 Å². The molecule has 0 bridgehead atoms. The van der Waals surface area contributed by atoms with Crippen molar-refractivity contribution in [3.8, 4) is 0 Å². The largest absolute Gasteiger partial charge is 0.282 e. The van der Waals surface area contributed by atoms with E-state index in [-0.39, 0.29) is 5.91 Å². The second kappa shape index (κ2) is 7.45. The van der Waals surface area contributed by atoms with Crippen molar-refractivity contribution in [1.82, 2.24) is 0 Å². The second-order valence-electron chi connectivity index (χ2n) is 7.38. The Morgan fingerprint density at radius 1 is 0.767 bits per heavy atom. The van der Waals surface area contributed by atoms with E-state index in [0.29, 0.717) is 11.5 Å². The van der Waals surface area contributed by atoms with Crippen LogP contribution in [0.1, 0.15) is 16.7 Å². The lowest BCUT2D eigenvalue weighted by atomic mass is 10.0. The van der Waals surface area contributed by atoms with Crippen LogP contribution in [0.3, 0.4) is 0 Å². The van der Waals surface area contributed by atoms with Crippen molar-refractivity contribution in [1.29, 1.82) is 0 Å². The number of amidine groups is 1. The van der Waals surface area contributed by atoms with Crippen LogP contribution in [0.15, 0.2) is 108 Å². The van der Waals surface area contributed by atoms with Crippen molar-refractivity contribution in [3.05, 3.63) is 119 Å². The van der Waals surface area contributed by atoms with E-state index in [1.807, 2.05) is 91.9 Å². The molecule has 0 radical (unpaired) electrons. The van der Waals surface area contributed by atoms with Crippen LogP contribution in [-0.4, -0.2) is 11.7 Å². The zero-order chi connectivity index (χ0) is 20.5. The Morgan fingerprint density at radius 2 is 1.47 bits per heavy atom. The molecule has 0 unspecified atom stereocenters. The summed E-state index contributed by atoms with van der Waals surface area (Å²) in [6.45, 7) is 2.04. The molecule has 144 valence electrons. The van der Waals surface area contributed by atoms with Crippen LogP contribution < -0.4 is 4.90 Å². The molecule has 0 aromatic heterocycles. The summed E-state index contributed by atoms with van der Waals surface area (Å²) in [5.74, 6) is 0.529. The fraction of sp³-hybridized carbons (Fsp3) is 0.0370. The number of hydrogen-bond acceptors (Lipinski definition) is 2. The van der Waals surface area contributed by atoms with Gasteiger partial charge < -0.3 is 0 Å². The van der Waals surface area contributed by atoms with E-state index in [4.69, 9.17) is 4.99 Å². The summed E-state index contributed by atoms with van der Waals surface area (Å²) in [6.07, 6.45) is 1.89. The van der Waals surface area contributed by atoms with E-state index < -0.39 is 0 Å². The van der Waals surface area contributed by atoms with Crippen molar-refractivity contribution in [3.63, 3.8) is 0 Å². The summed E-state index contributed by atoms with van der Waals surface area (Å²) in [6, 6.07) is 32.1. The summed E-state index contributed by atoms with van der Waals surface area (Å²) in [5.41, 5.74) is 4.29. The van der Waals surface area contributed by atoms with Gasteiger partial charge in [0.1, 0.15) is 11.5 Å². The van der Waals surface area contributed by atoms with Gasteiger partial charge in [-0.25, -0.2) is 4.99 Å². The number of rotatable bonds is 3. The lowest BCUT2D eigenvalue weighted by molar-refractivity contribution is -0.113. The topological polar surface area (TPSA) is 32.7 Å². The maximum Gasteiger partial charge on any atom is 0.282 e. The van der Waals surface area contributed by atoms with Crippen LogP contribution in [0, 0.1) is 6.92 Å². The minimum absolute atomic E-state index is 0.120. The van der Waals surface area contributed by atoms with Crippen LogP contribution >= 0.6 is 0 Å². The Labute approximate surface area is 175 Å². The van der Waals surface area contributed by atoms with Crippen molar-refractivity contribution < 1.29 is 4.79 Å². The summed E-state index contributed by atoms with van der Waals surface area (Å²) in [7, 11) is 0. The Kier molecular flexibility index (Phi) is 4.49. The number of anilines is 1. The molecule has 4 aromatic carbocycles. The number of fused-ring (bicyclic) bond motifs is 1. The van der Waals surface area contributed by atoms with Crippen molar-refractivity contribution in [2.24, 2.45) is 4.99 Å². The van der Waals surface area contributed by atoms with Gasteiger partial charge >= 0.3 is 0 Å². The summed E-state index contributed by atoms with van der Waals surface area (Å²) >= 11 is 0. The number of nitrogens with zero attached hydrogens (tertiary/aromatic N) is 2. The Balaban J connectivity index is 1.66. The Morgan fingerprint density at radius 3 is 2.27 bits per heavy atom. The SMILES string of the molecule is Cc1ccc(N2C(=O)/C(=C\c3cccc4ccccc34)N=C2c2ccccc2)cc1. The molecule has 3 heteroatoms. The summed E-state index contributed by atoms with van der Waals surface area (Å²) in [5, 5.41) is 2.24. The van der Waals surface area contributed by atoms with Gasteiger partial charge in [0, 0.05) is 5.56 Å². The number of carbonyl (C=O) groups is 1. The molecule has 0 saturated heterocycles. The molecule has 1 aliphatic heterocycles. The van der Waals surface area contributed by atoms with E-state index in [0.717, 1.165) is 33.2 Å². The molecule has 30 heavy (non-hydrogen) atoms. The fourth-order valence-electron chi connectivity index (χ4n) is 3.75. The molecule has 0 saturated carbocycles. The highest BCUT2D eigenvalue weighted by atomic mass is 16.2. The molecule has 1 aliphatic rings. The molecular weight excluding hydrogens is 368 g/mol. The molecule has 1 heterocycles. The van der Waals surface area contributed by atoms with E-state index in [1.165, 1.54) is 0 Å². The predicted molar refractivity (Wildman–Crippen MR) is 124 cm³/mol. The van der Waals surface area contributed by atoms with Gasteiger partial charge in [-0.1, -0.05) is 90.5 Å². The van der Waals surface area contributed by atoms with Crippen molar-refractivity contribution in [2.75, 3.05) is 4.90 Å². The molecular formula is C27H20N2O. The van der Waals surface area contributed by atoms with Gasteiger partial charge in [-0.2, -0.15) is 0 Å². The van der Waals surface area contributed by atoms with Gasteiger partial charge in [-0.05, 0) is 41.5 Å². The van der Waals surface area contributed by atoms with Gasteiger partial charge in [0.2, 0.25) is 0 Å². The lowest BCUT2D eigenvalue weighted by Crippen LogP contribution is -2.32. The first-order chi connectivity index (χ1) is 14.7. The first-order valence-corrected chi connectivity index (χ1v) is 9.95. The number of amides is 1. The zero-order valence-electron chi connectivity index (χ0n) is 16.6. The first kappa shape index (κ1) is 18.1. The van der Waals surface area contributed by atoms with E-state index in [9.17, 15) is 4.79 Å². The third kappa shape index (κ3) is 3.20. The Hall–Kier alpha value is -3.98. The van der Waals surface area contributed by atoms with Crippen molar-refractivity contribution >= 4 is 34.3 Å². The third-order valence-corrected chi connectivity index (χ3v) is 5.30. The van der Waals surface area contributed by atoms with Gasteiger partial charge in [0.05, 0.1) is 5.69 Å². The number of carbonyl (C=O) groups excluding carboxylic acids is 1. The predicted octanol–water partition coefficient (Wildman–Crippen LogP) is 5.98. The molecule has 0 atom stereocenters. The third-order valence-electron chi connectivity index (χ3n) is 5.30. The second-order valence-corrected chi connectivity index (χ2v) is 7.38. The highest BCUT2D eigenvalue weighted by Gasteiger charge is 2.32. The number of benzene rings is 4. The lowest BCUT2D eigenvalue weighted by Gasteiger charge is -2.18. The van der Waals surface area contributed by atoms with Gasteiger partial charge in [-0.3, -0.25) is 9.69 Å². The molecule has 4 aromatic rings. The average molecular weight is 388 g/mol. The summed E-state index contributed by atoms with van der Waals surface area (Å²) < 4.78 is 0. The normalized spacial score (nSPS) is 15.1. The smallest absolute Gasteiger partial charge is 0.266 e. The maximum absolute atomic E-state index is 13.5. The average Bonchev–Trinajstić information content (AvgIpc) is 3.11. The Bertz CT molecular complexity index is 1300. The minimum atomic E-state index is -0.120. The molecule has 3 nitrogen and oxygen atoms in total. The van der Waals surface area contributed by atoms with Gasteiger partial charge in [0.15, 0.2) is 0 Å². The molecule has 0 N–H and O–H groups in total. The zero-order valence-corrected chi connectivity index (χ0v) is 16.6. The quantitative estimate of drug-likeness (QED) is 0.397. The number of hydrogen-bond donors (Lipinski definition) is 0. The number of aryl methyl sites for hydroxylation is 1. The minimum Gasteiger partial charge on any atom is -0.266 e. The van der Waals surface area contributed by atoms with Crippen LogP contribution in [0.4, 0.5) is 5.69 Å². The molecule has 1 amide bonds. The molecule has 0 aliphatic carbocycles.